The van der Waals surface area contributed by atoms with E-state index in [1.54, 1.807) is 0 Å². The van der Waals surface area contributed by atoms with Crippen molar-refractivity contribution in [3.63, 3.8) is 0 Å². The van der Waals surface area contributed by atoms with Crippen LogP contribution in [0.5, 0.6) is 11.5 Å². The van der Waals surface area contributed by atoms with Crippen molar-refractivity contribution in [1.82, 2.24) is 4.98 Å². The second-order valence-corrected chi connectivity index (χ2v) is 7.86. The third kappa shape index (κ3) is 2.96. The monoisotopic (exact) mass is 394 g/mol. The van der Waals surface area contributed by atoms with Gasteiger partial charge in [-0.1, -0.05) is 30.3 Å². The summed E-state index contributed by atoms with van der Waals surface area (Å²) in [5.41, 5.74) is 7.18. The minimum Gasteiger partial charge on any atom is -0.493 e. The summed E-state index contributed by atoms with van der Waals surface area (Å²) in [5, 5.41) is 1.18. The fourth-order valence-electron chi connectivity index (χ4n) is 4.50. The van der Waals surface area contributed by atoms with Gasteiger partial charge in [-0.15, -0.1) is 0 Å². The maximum Gasteiger partial charge on any atom is 0.124 e. The third-order valence-electron chi connectivity index (χ3n) is 6.03. The first kappa shape index (κ1) is 17.3. The fraction of sp³-hybridized carbons (Fsp3) is 0.192. The van der Waals surface area contributed by atoms with Crippen LogP contribution >= 0.6 is 0 Å². The molecule has 0 saturated carbocycles. The molecule has 0 unspecified atom stereocenters. The zero-order chi connectivity index (χ0) is 19.9. The highest BCUT2D eigenvalue weighted by Crippen LogP contribution is 2.35. The van der Waals surface area contributed by atoms with Gasteiger partial charge in [-0.05, 0) is 53.1 Å². The first-order valence-electron chi connectivity index (χ1n) is 10.5. The average Bonchev–Trinajstić information content (AvgIpc) is 3.16. The SMILES string of the molecule is c1ccc2c(N3CCOc4ccc(-c5ccc6c(c5)CCO6)cc4C3)ccnc2c1. The number of hydrogen-bond acceptors (Lipinski definition) is 4. The standard InChI is InChI=1S/C26H22N2O2/c1-2-4-23-22(3-1)24(9-11-27-23)28-12-14-30-26-8-6-19(16-21(26)17-28)18-5-7-25-20(15-18)10-13-29-25/h1-9,11,15-16H,10,12-14,17H2. The van der Waals surface area contributed by atoms with Gasteiger partial charge in [0.25, 0.3) is 0 Å². The molecule has 1 aromatic heterocycles. The molecule has 0 radical (unpaired) electrons. The van der Waals surface area contributed by atoms with E-state index in [0.717, 1.165) is 43.1 Å². The highest BCUT2D eigenvalue weighted by Gasteiger charge is 2.19. The highest BCUT2D eigenvalue weighted by molar-refractivity contribution is 5.91. The molecular formula is C26H22N2O2. The molecular weight excluding hydrogens is 372 g/mol. The Hall–Kier alpha value is -3.53. The Morgan fingerprint density at radius 3 is 2.43 bits per heavy atom. The number of para-hydroxylation sites is 1. The van der Waals surface area contributed by atoms with Gasteiger partial charge in [0.1, 0.15) is 18.1 Å². The molecule has 2 aliphatic heterocycles. The van der Waals surface area contributed by atoms with E-state index in [1.165, 1.54) is 33.3 Å². The van der Waals surface area contributed by atoms with Gasteiger partial charge >= 0.3 is 0 Å². The number of nitrogens with zero attached hydrogens (tertiary/aromatic N) is 2. The lowest BCUT2D eigenvalue weighted by Crippen LogP contribution is -2.25. The molecule has 2 aliphatic rings. The van der Waals surface area contributed by atoms with Gasteiger partial charge in [0.05, 0.1) is 18.7 Å². The molecule has 3 aromatic carbocycles. The second kappa shape index (κ2) is 7.06. The van der Waals surface area contributed by atoms with Crippen molar-refractivity contribution in [2.45, 2.75) is 13.0 Å². The van der Waals surface area contributed by atoms with Gasteiger partial charge in [-0.2, -0.15) is 0 Å². The lowest BCUT2D eigenvalue weighted by molar-refractivity contribution is 0.332. The molecule has 0 N–H and O–H groups in total. The molecule has 0 atom stereocenters. The number of fused-ring (bicyclic) bond motifs is 3. The van der Waals surface area contributed by atoms with Crippen LogP contribution < -0.4 is 14.4 Å². The number of aromatic nitrogens is 1. The number of hydrogen-bond donors (Lipinski definition) is 0. The van der Waals surface area contributed by atoms with Crippen molar-refractivity contribution in [2.24, 2.45) is 0 Å². The van der Waals surface area contributed by atoms with Gasteiger partial charge in [0, 0.05) is 35.8 Å². The van der Waals surface area contributed by atoms with E-state index in [-0.39, 0.29) is 0 Å². The maximum absolute atomic E-state index is 6.10. The van der Waals surface area contributed by atoms with Crippen molar-refractivity contribution in [3.05, 3.63) is 84.1 Å². The van der Waals surface area contributed by atoms with Crippen LogP contribution in [-0.4, -0.2) is 24.7 Å². The molecule has 0 aliphatic carbocycles. The molecule has 0 fully saturated rings. The van der Waals surface area contributed by atoms with Crippen molar-refractivity contribution in [1.29, 1.82) is 0 Å². The summed E-state index contributed by atoms with van der Waals surface area (Å²) >= 11 is 0. The Morgan fingerprint density at radius 2 is 1.53 bits per heavy atom. The van der Waals surface area contributed by atoms with Crippen molar-refractivity contribution < 1.29 is 9.47 Å². The number of ether oxygens (including phenoxy) is 2. The summed E-state index contributed by atoms with van der Waals surface area (Å²) in [5.74, 6) is 2.00. The Balaban J connectivity index is 1.38. The van der Waals surface area contributed by atoms with Crippen LogP contribution in [-0.2, 0) is 13.0 Å². The molecule has 4 heteroatoms. The van der Waals surface area contributed by atoms with Crippen LogP contribution in [0.1, 0.15) is 11.1 Å². The number of pyridine rings is 1. The molecule has 30 heavy (non-hydrogen) atoms. The maximum atomic E-state index is 6.10. The Bertz CT molecular complexity index is 1250. The van der Waals surface area contributed by atoms with Crippen LogP contribution in [0.4, 0.5) is 5.69 Å². The lowest BCUT2D eigenvalue weighted by Gasteiger charge is -2.23. The van der Waals surface area contributed by atoms with E-state index in [0.29, 0.717) is 6.61 Å². The van der Waals surface area contributed by atoms with Crippen molar-refractivity contribution >= 4 is 16.6 Å². The van der Waals surface area contributed by atoms with Gasteiger partial charge < -0.3 is 14.4 Å². The van der Waals surface area contributed by atoms with Crippen LogP contribution in [0.3, 0.4) is 0 Å². The Kier molecular flexibility index (Phi) is 4.08. The summed E-state index contributed by atoms with van der Waals surface area (Å²) in [4.78, 5) is 6.92. The average molecular weight is 394 g/mol. The first-order chi connectivity index (χ1) is 14.8. The Morgan fingerprint density at radius 1 is 0.767 bits per heavy atom. The van der Waals surface area contributed by atoms with E-state index in [9.17, 15) is 0 Å². The topological polar surface area (TPSA) is 34.6 Å². The summed E-state index contributed by atoms with van der Waals surface area (Å²) in [7, 11) is 0. The van der Waals surface area contributed by atoms with Gasteiger partial charge in [0.15, 0.2) is 0 Å². The minimum absolute atomic E-state index is 0.666. The molecule has 0 spiro atoms. The van der Waals surface area contributed by atoms with E-state index < -0.39 is 0 Å². The number of anilines is 1. The van der Waals surface area contributed by atoms with Crippen LogP contribution in [0.2, 0.25) is 0 Å². The van der Waals surface area contributed by atoms with E-state index in [1.807, 2.05) is 12.3 Å². The third-order valence-corrected chi connectivity index (χ3v) is 6.03. The molecule has 6 rings (SSSR count). The first-order valence-corrected chi connectivity index (χ1v) is 10.5. The van der Waals surface area contributed by atoms with E-state index in [2.05, 4.69) is 70.5 Å². The van der Waals surface area contributed by atoms with Gasteiger partial charge in [0.2, 0.25) is 0 Å². The van der Waals surface area contributed by atoms with Crippen molar-refractivity contribution in [2.75, 3.05) is 24.7 Å². The van der Waals surface area contributed by atoms with E-state index in [4.69, 9.17) is 9.47 Å². The molecule has 4 nitrogen and oxygen atoms in total. The molecule has 4 aromatic rings. The lowest BCUT2D eigenvalue weighted by atomic mass is 9.99. The van der Waals surface area contributed by atoms with Crippen LogP contribution in [0.15, 0.2) is 72.9 Å². The summed E-state index contributed by atoms with van der Waals surface area (Å²) in [6.45, 7) is 3.10. The molecule has 0 saturated heterocycles. The largest absolute Gasteiger partial charge is 0.493 e. The number of benzene rings is 3. The second-order valence-electron chi connectivity index (χ2n) is 7.86. The minimum atomic E-state index is 0.666. The van der Waals surface area contributed by atoms with Gasteiger partial charge in [-0.25, -0.2) is 0 Å². The molecule has 3 heterocycles. The zero-order valence-electron chi connectivity index (χ0n) is 16.7. The van der Waals surface area contributed by atoms with Crippen molar-refractivity contribution in [3.8, 4) is 22.6 Å². The summed E-state index contributed by atoms with van der Waals surface area (Å²) in [6, 6.07) is 23.5. The summed E-state index contributed by atoms with van der Waals surface area (Å²) in [6.07, 6.45) is 2.88. The Labute approximate surface area is 175 Å². The fourth-order valence-corrected chi connectivity index (χ4v) is 4.50. The van der Waals surface area contributed by atoms with Crippen LogP contribution in [0.25, 0.3) is 22.0 Å². The van der Waals surface area contributed by atoms with Crippen LogP contribution in [0, 0.1) is 0 Å². The smallest absolute Gasteiger partial charge is 0.124 e. The normalized spacial score (nSPS) is 15.1. The molecule has 0 amide bonds. The van der Waals surface area contributed by atoms with E-state index >= 15 is 0 Å². The molecule has 0 bridgehead atoms. The summed E-state index contributed by atoms with van der Waals surface area (Å²) < 4.78 is 11.8. The predicted octanol–water partition coefficient (Wildman–Crippen LogP) is 5.24. The molecule has 148 valence electrons. The number of rotatable bonds is 2. The zero-order valence-corrected chi connectivity index (χ0v) is 16.7. The quantitative estimate of drug-likeness (QED) is 0.466. The van der Waals surface area contributed by atoms with Gasteiger partial charge in [-0.3, -0.25) is 4.98 Å². The predicted molar refractivity (Wildman–Crippen MR) is 119 cm³/mol. The highest BCUT2D eigenvalue weighted by atomic mass is 16.5.